The smallest absolute Gasteiger partial charge is 0.000850 e. The summed E-state index contributed by atoms with van der Waals surface area (Å²) in [5.41, 5.74) is 0.679. The standard InChI is InChI=1S/C10H17N/c1-2-9-3-4-10(7-9)5-6-11-8-10/h2,9,11H,1,3-8H2. The molecule has 1 heteroatoms. The number of hydrogen-bond donors (Lipinski definition) is 1. The van der Waals surface area contributed by atoms with Crippen LogP contribution in [0.1, 0.15) is 25.7 Å². The first-order valence-electron chi connectivity index (χ1n) is 4.68. The lowest BCUT2D eigenvalue weighted by molar-refractivity contribution is 0.328. The molecule has 0 radical (unpaired) electrons. The van der Waals surface area contributed by atoms with Gasteiger partial charge in [-0.25, -0.2) is 0 Å². The Balaban J connectivity index is 2.01. The predicted octanol–water partition coefficient (Wildman–Crippen LogP) is 1.95. The highest BCUT2D eigenvalue weighted by Crippen LogP contribution is 2.45. The van der Waals surface area contributed by atoms with E-state index in [0.29, 0.717) is 5.41 Å². The van der Waals surface area contributed by atoms with Crippen LogP contribution >= 0.6 is 0 Å². The van der Waals surface area contributed by atoms with Crippen LogP contribution in [0.5, 0.6) is 0 Å². The molecular weight excluding hydrogens is 134 g/mol. The zero-order valence-corrected chi connectivity index (χ0v) is 7.10. The van der Waals surface area contributed by atoms with Crippen LogP contribution in [0.2, 0.25) is 0 Å². The van der Waals surface area contributed by atoms with Gasteiger partial charge in [0.25, 0.3) is 0 Å². The first kappa shape index (κ1) is 7.35. The topological polar surface area (TPSA) is 12.0 Å². The van der Waals surface area contributed by atoms with E-state index in [2.05, 4.69) is 18.0 Å². The number of hydrogen-bond acceptors (Lipinski definition) is 1. The summed E-state index contributed by atoms with van der Waals surface area (Å²) in [5, 5.41) is 3.47. The van der Waals surface area contributed by atoms with Crippen molar-refractivity contribution in [2.24, 2.45) is 11.3 Å². The largest absolute Gasteiger partial charge is 0.316 e. The molecule has 1 N–H and O–H groups in total. The summed E-state index contributed by atoms with van der Waals surface area (Å²) in [6.07, 6.45) is 7.75. The van der Waals surface area contributed by atoms with Gasteiger partial charge in [0, 0.05) is 6.54 Å². The van der Waals surface area contributed by atoms with E-state index in [9.17, 15) is 0 Å². The second-order valence-electron chi connectivity index (χ2n) is 4.17. The van der Waals surface area contributed by atoms with Gasteiger partial charge in [0.2, 0.25) is 0 Å². The molecule has 2 atom stereocenters. The molecule has 11 heavy (non-hydrogen) atoms. The molecule has 0 aromatic carbocycles. The zero-order valence-electron chi connectivity index (χ0n) is 7.10. The quantitative estimate of drug-likeness (QED) is 0.565. The van der Waals surface area contributed by atoms with E-state index >= 15 is 0 Å². The molecule has 2 rings (SSSR count). The van der Waals surface area contributed by atoms with Gasteiger partial charge in [0.15, 0.2) is 0 Å². The van der Waals surface area contributed by atoms with Gasteiger partial charge in [0.05, 0.1) is 0 Å². The molecule has 1 aliphatic carbocycles. The van der Waals surface area contributed by atoms with E-state index in [1.54, 1.807) is 0 Å². The Morgan fingerprint density at radius 2 is 2.36 bits per heavy atom. The SMILES string of the molecule is C=CC1CCC2(CCNC2)C1. The fraction of sp³-hybridized carbons (Fsp3) is 0.800. The van der Waals surface area contributed by atoms with Crippen LogP contribution in [0.4, 0.5) is 0 Å². The van der Waals surface area contributed by atoms with E-state index in [4.69, 9.17) is 0 Å². The van der Waals surface area contributed by atoms with Crippen molar-refractivity contribution in [2.45, 2.75) is 25.7 Å². The maximum atomic E-state index is 3.88. The van der Waals surface area contributed by atoms with Crippen molar-refractivity contribution in [1.82, 2.24) is 5.32 Å². The highest BCUT2D eigenvalue weighted by atomic mass is 14.9. The monoisotopic (exact) mass is 151 g/mol. The Bertz CT molecular complexity index is 156. The normalized spacial score (nSPS) is 43.5. The maximum Gasteiger partial charge on any atom is 0.000850 e. The molecule has 1 nitrogen and oxygen atoms in total. The summed E-state index contributed by atoms with van der Waals surface area (Å²) < 4.78 is 0. The Kier molecular flexibility index (Phi) is 1.76. The summed E-state index contributed by atoms with van der Waals surface area (Å²) in [6.45, 7) is 6.38. The third-order valence-electron chi connectivity index (χ3n) is 3.41. The molecule has 1 aliphatic heterocycles. The summed E-state index contributed by atoms with van der Waals surface area (Å²) >= 11 is 0. The molecule has 1 saturated heterocycles. The van der Waals surface area contributed by atoms with Gasteiger partial charge in [-0.2, -0.15) is 0 Å². The van der Waals surface area contributed by atoms with E-state index in [-0.39, 0.29) is 0 Å². The van der Waals surface area contributed by atoms with E-state index in [1.807, 2.05) is 0 Å². The van der Waals surface area contributed by atoms with Crippen LogP contribution in [-0.4, -0.2) is 13.1 Å². The van der Waals surface area contributed by atoms with E-state index < -0.39 is 0 Å². The molecule has 2 unspecified atom stereocenters. The molecule has 1 spiro atoms. The predicted molar refractivity (Wildman–Crippen MR) is 47.5 cm³/mol. The first-order chi connectivity index (χ1) is 5.35. The summed E-state index contributed by atoms with van der Waals surface area (Å²) in [7, 11) is 0. The van der Waals surface area contributed by atoms with Gasteiger partial charge in [-0.05, 0) is 43.6 Å². The Morgan fingerprint density at radius 3 is 2.91 bits per heavy atom. The van der Waals surface area contributed by atoms with Crippen molar-refractivity contribution in [2.75, 3.05) is 13.1 Å². The Hall–Kier alpha value is -0.300. The molecule has 2 aliphatic rings. The second-order valence-corrected chi connectivity index (χ2v) is 4.17. The van der Waals surface area contributed by atoms with E-state index in [0.717, 1.165) is 5.92 Å². The van der Waals surface area contributed by atoms with Gasteiger partial charge >= 0.3 is 0 Å². The van der Waals surface area contributed by atoms with Crippen molar-refractivity contribution >= 4 is 0 Å². The zero-order chi connectivity index (χ0) is 7.73. The van der Waals surface area contributed by atoms with Crippen molar-refractivity contribution in [3.8, 4) is 0 Å². The minimum atomic E-state index is 0.679. The molecule has 1 saturated carbocycles. The van der Waals surface area contributed by atoms with Gasteiger partial charge in [-0.3, -0.25) is 0 Å². The lowest BCUT2D eigenvalue weighted by atomic mass is 9.85. The van der Waals surface area contributed by atoms with Crippen LogP contribution in [0, 0.1) is 11.3 Å². The fourth-order valence-corrected chi connectivity index (χ4v) is 2.64. The van der Waals surface area contributed by atoms with Crippen LogP contribution in [0.15, 0.2) is 12.7 Å². The van der Waals surface area contributed by atoms with Gasteiger partial charge in [-0.1, -0.05) is 6.08 Å². The molecule has 0 amide bonds. The summed E-state index contributed by atoms with van der Waals surface area (Å²) in [6, 6.07) is 0. The Morgan fingerprint density at radius 1 is 1.45 bits per heavy atom. The van der Waals surface area contributed by atoms with Crippen molar-refractivity contribution in [3.05, 3.63) is 12.7 Å². The van der Waals surface area contributed by atoms with Crippen LogP contribution in [0.25, 0.3) is 0 Å². The van der Waals surface area contributed by atoms with Crippen molar-refractivity contribution in [3.63, 3.8) is 0 Å². The minimum absolute atomic E-state index is 0.679. The first-order valence-corrected chi connectivity index (χ1v) is 4.68. The van der Waals surface area contributed by atoms with Crippen molar-refractivity contribution < 1.29 is 0 Å². The lowest BCUT2D eigenvalue weighted by Gasteiger charge is -2.20. The average molecular weight is 151 g/mol. The molecule has 2 fully saturated rings. The summed E-state index contributed by atoms with van der Waals surface area (Å²) in [4.78, 5) is 0. The van der Waals surface area contributed by atoms with Crippen LogP contribution in [0.3, 0.4) is 0 Å². The Labute approximate surface area is 68.9 Å². The minimum Gasteiger partial charge on any atom is -0.316 e. The molecule has 62 valence electrons. The third kappa shape index (κ3) is 1.22. The fourth-order valence-electron chi connectivity index (χ4n) is 2.64. The number of nitrogens with one attached hydrogen (secondary N) is 1. The highest BCUT2D eigenvalue weighted by molar-refractivity contribution is 4.99. The second kappa shape index (κ2) is 2.63. The third-order valence-corrected chi connectivity index (χ3v) is 3.41. The van der Waals surface area contributed by atoms with Crippen LogP contribution in [-0.2, 0) is 0 Å². The molecular formula is C10H17N. The maximum absolute atomic E-state index is 3.88. The number of allylic oxidation sites excluding steroid dienone is 1. The number of rotatable bonds is 1. The van der Waals surface area contributed by atoms with Gasteiger partial charge in [-0.15, -0.1) is 6.58 Å². The average Bonchev–Trinajstić information content (AvgIpc) is 2.62. The summed E-state index contributed by atoms with van der Waals surface area (Å²) in [5.74, 6) is 0.815. The molecule has 0 aromatic heterocycles. The van der Waals surface area contributed by atoms with E-state index in [1.165, 1.54) is 38.8 Å². The van der Waals surface area contributed by atoms with Gasteiger partial charge < -0.3 is 5.32 Å². The molecule has 1 heterocycles. The van der Waals surface area contributed by atoms with Crippen LogP contribution < -0.4 is 5.32 Å². The molecule has 0 bridgehead atoms. The highest BCUT2D eigenvalue weighted by Gasteiger charge is 2.39. The molecule has 0 aromatic rings. The van der Waals surface area contributed by atoms with Gasteiger partial charge in [0.1, 0.15) is 0 Å². The van der Waals surface area contributed by atoms with Crippen molar-refractivity contribution in [1.29, 1.82) is 0 Å². The lowest BCUT2D eigenvalue weighted by Crippen LogP contribution is -2.20.